The summed E-state index contributed by atoms with van der Waals surface area (Å²) in [7, 11) is 2.90. The molecule has 0 saturated carbocycles. The molecule has 2 aromatic carbocycles. The maximum Gasteiger partial charge on any atom is 0.346 e. The first-order chi connectivity index (χ1) is 12.6. The number of ether oxygens (including phenoxy) is 3. The fourth-order valence-electron chi connectivity index (χ4n) is 2.82. The van der Waals surface area contributed by atoms with Crippen molar-refractivity contribution in [3.8, 4) is 11.5 Å². The number of Topliss-reactive ketones (excluding diaryl/α,β-unsaturated/α-hetero) is 1. The summed E-state index contributed by atoms with van der Waals surface area (Å²) in [6, 6.07) is 12.4. The highest BCUT2D eigenvalue weighted by molar-refractivity contribution is 6.10. The molecule has 0 bridgehead atoms. The van der Waals surface area contributed by atoms with Crippen LogP contribution in [-0.2, 0) is 4.74 Å². The van der Waals surface area contributed by atoms with Crippen molar-refractivity contribution in [1.29, 1.82) is 0 Å². The number of aromatic nitrogens is 1. The first-order valence-electron chi connectivity index (χ1n) is 8.09. The Labute approximate surface area is 150 Å². The van der Waals surface area contributed by atoms with Crippen LogP contribution in [0.5, 0.6) is 11.5 Å². The average Bonchev–Trinajstić information content (AvgIpc) is 3.10. The highest BCUT2D eigenvalue weighted by atomic mass is 16.6. The SMILES string of the molecule is COc1cccc(OC)c1C(=O)O[C@H](C)C(=O)c1c[nH]c2ccccc12. The molecule has 26 heavy (non-hydrogen) atoms. The highest BCUT2D eigenvalue weighted by Gasteiger charge is 2.26. The van der Waals surface area contributed by atoms with Crippen molar-refractivity contribution in [2.24, 2.45) is 0 Å². The first kappa shape index (κ1) is 17.5. The molecule has 0 aliphatic rings. The number of esters is 1. The number of H-pyrrole nitrogens is 1. The lowest BCUT2D eigenvalue weighted by molar-refractivity contribution is 0.0313. The zero-order valence-electron chi connectivity index (χ0n) is 14.7. The summed E-state index contributed by atoms with van der Waals surface area (Å²) >= 11 is 0. The Hall–Kier alpha value is -3.28. The Morgan fingerprint density at radius 1 is 0.962 bits per heavy atom. The number of hydrogen-bond donors (Lipinski definition) is 1. The molecule has 0 aliphatic heterocycles. The molecule has 0 fully saturated rings. The van der Waals surface area contributed by atoms with Crippen LogP contribution < -0.4 is 9.47 Å². The van der Waals surface area contributed by atoms with Crippen LogP contribution in [-0.4, -0.2) is 37.1 Å². The maximum atomic E-state index is 12.7. The quantitative estimate of drug-likeness (QED) is 0.541. The number of carbonyl (C=O) groups is 2. The molecule has 3 aromatic rings. The van der Waals surface area contributed by atoms with Gasteiger partial charge in [-0.05, 0) is 25.1 Å². The van der Waals surface area contributed by atoms with E-state index >= 15 is 0 Å². The van der Waals surface area contributed by atoms with E-state index in [4.69, 9.17) is 14.2 Å². The Balaban J connectivity index is 1.85. The minimum atomic E-state index is -0.962. The van der Waals surface area contributed by atoms with Crippen molar-refractivity contribution in [3.05, 3.63) is 59.8 Å². The number of para-hydroxylation sites is 1. The summed E-state index contributed by atoms with van der Waals surface area (Å²) in [4.78, 5) is 28.4. The molecule has 0 unspecified atom stereocenters. The number of benzene rings is 2. The van der Waals surface area contributed by atoms with Crippen molar-refractivity contribution in [3.63, 3.8) is 0 Å². The zero-order valence-corrected chi connectivity index (χ0v) is 14.7. The highest BCUT2D eigenvalue weighted by Crippen LogP contribution is 2.29. The number of nitrogens with one attached hydrogen (secondary N) is 1. The molecule has 3 rings (SSSR count). The van der Waals surface area contributed by atoms with Crippen molar-refractivity contribution < 1.29 is 23.8 Å². The summed E-state index contributed by atoms with van der Waals surface area (Å²) in [5.41, 5.74) is 1.48. The van der Waals surface area contributed by atoms with Crippen LogP contribution in [0.1, 0.15) is 27.6 Å². The molecular formula is C20H19NO5. The third kappa shape index (κ3) is 3.13. The van der Waals surface area contributed by atoms with Gasteiger partial charge >= 0.3 is 5.97 Å². The van der Waals surface area contributed by atoms with E-state index in [-0.39, 0.29) is 11.3 Å². The summed E-state index contributed by atoms with van der Waals surface area (Å²) in [6.45, 7) is 1.55. The Kier molecular flexibility index (Phi) is 4.93. The van der Waals surface area contributed by atoms with Crippen LogP contribution in [0.25, 0.3) is 10.9 Å². The molecule has 0 saturated heterocycles. The lowest BCUT2D eigenvalue weighted by Gasteiger charge is -2.15. The first-order valence-corrected chi connectivity index (χ1v) is 8.09. The van der Waals surface area contributed by atoms with Gasteiger partial charge < -0.3 is 19.2 Å². The second-order valence-electron chi connectivity index (χ2n) is 5.70. The number of rotatable bonds is 6. The van der Waals surface area contributed by atoms with E-state index in [1.807, 2.05) is 24.3 Å². The van der Waals surface area contributed by atoms with Crippen LogP contribution in [0.3, 0.4) is 0 Å². The second-order valence-corrected chi connectivity index (χ2v) is 5.70. The van der Waals surface area contributed by atoms with E-state index in [0.717, 1.165) is 10.9 Å². The average molecular weight is 353 g/mol. The predicted octanol–water partition coefficient (Wildman–Crippen LogP) is 3.61. The van der Waals surface area contributed by atoms with E-state index in [9.17, 15) is 9.59 Å². The van der Waals surface area contributed by atoms with E-state index in [1.54, 1.807) is 31.3 Å². The Morgan fingerprint density at radius 2 is 1.62 bits per heavy atom. The fraction of sp³-hybridized carbons (Fsp3) is 0.200. The van der Waals surface area contributed by atoms with E-state index in [0.29, 0.717) is 17.1 Å². The lowest BCUT2D eigenvalue weighted by Crippen LogP contribution is -2.24. The fourth-order valence-corrected chi connectivity index (χ4v) is 2.82. The van der Waals surface area contributed by atoms with Crippen LogP contribution in [0.4, 0.5) is 0 Å². The molecule has 1 aromatic heterocycles. The standard InChI is InChI=1S/C20H19NO5/c1-12(19(22)14-11-21-15-8-5-4-7-13(14)15)26-20(23)18-16(24-2)9-6-10-17(18)25-3/h4-12,21H,1-3H3/t12-/m1/s1. The normalized spacial score (nSPS) is 11.8. The van der Waals surface area contributed by atoms with E-state index in [1.165, 1.54) is 14.2 Å². The molecule has 6 heteroatoms. The third-order valence-corrected chi connectivity index (χ3v) is 4.14. The van der Waals surface area contributed by atoms with Gasteiger partial charge in [0.25, 0.3) is 0 Å². The molecular weight excluding hydrogens is 334 g/mol. The second kappa shape index (κ2) is 7.31. The molecule has 0 spiro atoms. The minimum absolute atomic E-state index is 0.149. The summed E-state index contributed by atoms with van der Waals surface area (Å²) < 4.78 is 15.8. The number of fused-ring (bicyclic) bond motifs is 1. The van der Waals surface area contributed by atoms with Gasteiger partial charge in [-0.3, -0.25) is 4.79 Å². The van der Waals surface area contributed by atoms with Crippen molar-refractivity contribution in [2.75, 3.05) is 14.2 Å². The number of methoxy groups -OCH3 is 2. The van der Waals surface area contributed by atoms with Gasteiger partial charge in [0.05, 0.1) is 14.2 Å². The lowest BCUT2D eigenvalue weighted by atomic mass is 10.1. The molecule has 1 N–H and O–H groups in total. The topological polar surface area (TPSA) is 77.6 Å². The Bertz CT molecular complexity index is 937. The van der Waals surface area contributed by atoms with Crippen LogP contribution in [0.2, 0.25) is 0 Å². The van der Waals surface area contributed by atoms with Crippen LogP contribution >= 0.6 is 0 Å². The van der Waals surface area contributed by atoms with Gasteiger partial charge in [-0.15, -0.1) is 0 Å². The monoisotopic (exact) mass is 353 g/mol. The molecule has 0 amide bonds. The van der Waals surface area contributed by atoms with E-state index in [2.05, 4.69) is 4.98 Å². The third-order valence-electron chi connectivity index (χ3n) is 4.14. The van der Waals surface area contributed by atoms with Gasteiger partial charge in [0.2, 0.25) is 5.78 Å². The molecule has 1 heterocycles. The van der Waals surface area contributed by atoms with E-state index < -0.39 is 12.1 Å². The number of aromatic amines is 1. The van der Waals surface area contributed by atoms with Gasteiger partial charge in [0.1, 0.15) is 17.1 Å². The Morgan fingerprint density at radius 3 is 2.27 bits per heavy atom. The maximum absolute atomic E-state index is 12.7. The summed E-state index contributed by atoms with van der Waals surface area (Å²) in [6.07, 6.45) is 0.664. The molecule has 0 radical (unpaired) electrons. The molecule has 1 atom stereocenters. The molecule has 0 aliphatic carbocycles. The number of ketones is 1. The van der Waals surface area contributed by atoms with Crippen molar-refractivity contribution in [2.45, 2.75) is 13.0 Å². The number of hydrogen-bond acceptors (Lipinski definition) is 5. The van der Waals surface area contributed by atoms with Gasteiger partial charge in [-0.25, -0.2) is 4.79 Å². The largest absolute Gasteiger partial charge is 0.496 e. The molecule has 134 valence electrons. The van der Waals surface area contributed by atoms with Gasteiger partial charge in [-0.2, -0.15) is 0 Å². The minimum Gasteiger partial charge on any atom is -0.496 e. The van der Waals surface area contributed by atoms with Crippen LogP contribution in [0, 0.1) is 0 Å². The van der Waals surface area contributed by atoms with Gasteiger partial charge in [0, 0.05) is 22.7 Å². The summed E-state index contributed by atoms with van der Waals surface area (Å²) in [5, 5.41) is 0.787. The number of carbonyl (C=O) groups excluding carboxylic acids is 2. The molecule has 6 nitrogen and oxygen atoms in total. The van der Waals surface area contributed by atoms with Gasteiger partial charge in [-0.1, -0.05) is 24.3 Å². The van der Waals surface area contributed by atoms with Crippen molar-refractivity contribution in [1.82, 2.24) is 4.98 Å². The summed E-state index contributed by atoms with van der Waals surface area (Å²) in [5.74, 6) is -0.327. The van der Waals surface area contributed by atoms with Gasteiger partial charge in [0.15, 0.2) is 6.10 Å². The zero-order chi connectivity index (χ0) is 18.7. The van der Waals surface area contributed by atoms with Crippen LogP contribution in [0.15, 0.2) is 48.7 Å². The van der Waals surface area contributed by atoms with Crippen molar-refractivity contribution >= 4 is 22.7 Å². The predicted molar refractivity (Wildman–Crippen MR) is 97.1 cm³/mol. The smallest absolute Gasteiger partial charge is 0.346 e.